The van der Waals surface area contributed by atoms with Gasteiger partial charge in [-0.25, -0.2) is 0 Å². The van der Waals surface area contributed by atoms with Crippen LogP contribution in [0, 0.1) is 0 Å². The van der Waals surface area contributed by atoms with Crippen LogP contribution in [0.4, 0.5) is 0 Å². The van der Waals surface area contributed by atoms with Crippen molar-refractivity contribution in [2.45, 2.75) is 6.10 Å². The number of ether oxygens (including phenoxy) is 1. The minimum atomic E-state index is -5.01. The second-order valence-corrected chi connectivity index (χ2v) is 3.09. The first kappa shape index (κ1) is 7.05. The molecule has 1 rings (SSSR count). The zero-order chi connectivity index (χ0) is 7.07. The molecule has 1 unspecified atom stereocenters. The minimum absolute atomic E-state index is 0.0628. The second kappa shape index (κ2) is 1.97. The van der Waals surface area contributed by atoms with Crippen LogP contribution in [0.1, 0.15) is 0 Å². The van der Waals surface area contributed by atoms with E-state index in [4.69, 9.17) is 0 Å². The van der Waals surface area contributed by atoms with Crippen molar-refractivity contribution in [3.63, 3.8) is 0 Å². The Morgan fingerprint density at radius 3 is 2.11 bits per heavy atom. The van der Waals surface area contributed by atoms with E-state index >= 15 is 0 Å². The molecule has 1 heterocycles. The second-order valence-electron chi connectivity index (χ2n) is 1.66. The first-order valence-electron chi connectivity index (χ1n) is 2.20. The van der Waals surface area contributed by atoms with E-state index in [1.807, 2.05) is 0 Å². The smallest absolute Gasteiger partial charge is 0.281 e. The lowest BCUT2D eigenvalue weighted by atomic mass is 10.5. The molecule has 1 atom stereocenters. The van der Waals surface area contributed by atoms with Gasteiger partial charge in [-0.1, -0.05) is 7.94 Å². The SMILES string of the molecule is O=C(C1CO1)[P+]([O-])([O-])[O-]. The molecule has 0 aromatic carbocycles. The Labute approximate surface area is 51.5 Å². The highest BCUT2D eigenvalue weighted by Crippen LogP contribution is 2.35. The molecule has 1 aliphatic heterocycles. The summed E-state index contributed by atoms with van der Waals surface area (Å²) in [5.74, 6) is 0. The fraction of sp³-hybridized carbons (Fsp3) is 0.667. The van der Waals surface area contributed by atoms with E-state index in [1.54, 1.807) is 0 Å². The van der Waals surface area contributed by atoms with Crippen molar-refractivity contribution < 1.29 is 24.2 Å². The predicted molar refractivity (Wildman–Crippen MR) is 21.7 cm³/mol. The van der Waals surface area contributed by atoms with Crippen molar-refractivity contribution in [1.29, 1.82) is 0 Å². The standard InChI is InChI=1S/C3H5O5P/c4-3(2-1-8-2)9(5,6)7/h2H,1H2,(H2,5,6,7)/p-2. The van der Waals surface area contributed by atoms with Crippen LogP contribution in [0.15, 0.2) is 0 Å². The van der Waals surface area contributed by atoms with E-state index in [0.29, 0.717) is 0 Å². The van der Waals surface area contributed by atoms with E-state index in [2.05, 4.69) is 4.74 Å². The molecular weight excluding hydrogens is 147 g/mol. The molecule has 0 aromatic rings. The number of hydrogen-bond acceptors (Lipinski definition) is 5. The Morgan fingerprint density at radius 2 is 2.00 bits per heavy atom. The molecule has 0 bridgehead atoms. The van der Waals surface area contributed by atoms with Gasteiger partial charge in [0.25, 0.3) is 5.52 Å². The monoisotopic (exact) mass is 150 g/mol. The maximum absolute atomic E-state index is 10.2. The van der Waals surface area contributed by atoms with E-state index in [0.717, 1.165) is 0 Å². The summed E-state index contributed by atoms with van der Waals surface area (Å²) in [4.78, 5) is 39.8. The third-order valence-corrected chi connectivity index (χ3v) is 1.71. The van der Waals surface area contributed by atoms with Crippen molar-refractivity contribution in [3.05, 3.63) is 0 Å². The van der Waals surface area contributed by atoms with E-state index in [-0.39, 0.29) is 6.61 Å². The molecule has 0 amide bonds. The molecule has 1 fully saturated rings. The van der Waals surface area contributed by atoms with Gasteiger partial charge in [0.05, 0.1) is 6.61 Å². The topological polar surface area (TPSA) is 98.8 Å². The molecule has 0 aromatic heterocycles. The molecule has 0 saturated carbocycles. The quantitative estimate of drug-likeness (QED) is 0.304. The predicted octanol–water partition coefficient (Wildman–Crippen LogP) is -3.24. The van der Waals surface area contributed by atoms with Crippen LogP contribution >= 0.6 is 7.94 Å². The number of hydrogen-bond donors (Lipinski definition) is 0. The van der Waals surface area contributed by atoms with Crippen molar-refractivity contribution in [2.24, 2.45) is 0 Å². The summed E-state index contributed by atoms with van der Waals surface area (Å²) < 4.78 is 4.28. The fourth-order valence-electron chi connectivity index (χ4n) is 0.367. The van der Waals surface area contributed by atoms with Crippen LogP contribution < -0.4 is 14.7 Å². The van der Waals surface area contributed by atoms with Crippen molar-refractivity contribution >= 4 is 13.5 Å². The highest BCUT2D eigenvalue weighted by molar-refractivity contribution is 7.72. The maximum atomic E-state index is 10.2. The molecule has 0 N–H and O–H groups in total. The Bertz CT molecular complexity index is 134. The fourth-order valence-corrected chi connectivity index (χ4v) is 0.869. The average Bonchev–Trinajstić information content (AvgIpc) is 2.40. The first-order chi connectivity index (χ1) is 4.02. The van der Waals surface area contributed by atoms with Gasteiger partial charge in [0, 0.05) is 0 Å². The van der Waals surface area contributed by atoms with Gasteiger partial charge >= 0.3 is 0 Å². The largest absolute Gasteiger partial charge is 0.681 e. The highest BCUT2D eigenvalue weighted by atomic mass is 31.2. The number of carbonyl (C=O) groups is 1. The van der Waals surface area contributed by atoms with Gasteiger partial charge in [-0.2, -0.15) is 0 Å². The van der Waals surface area contributed by atoms with Crippen molar-refractivity contribution in [3.8, 4) is 0 Å². The molecule has 0 radical (unpaired) electrons. The lowest BCUT2D eigenvalue weighted by Crippen LogP contribution is -2.40. The summed E-state index contributed by atoms with van der Waals surface area (Å²) >= 11 is 0. The molecular formula is C3H3O5P-2. The van der Waals surface area contributed by atoms with Gasteiger partial charge in [0.1, 0.15) is 0 Å². The summed E-state index contributed by atoms with van der Waals surface area (Å²) in [5.41, 5.74) is -1.33. The summed E-state index contributed by atoms with van der Waals surface area (Å²) in [6.07, 6.45) is -0.967. The van der Waals surface area contributed by atoms with Crippen LogP contribution in [-0.2, 0) is 9.53 Å². The van der Waals surface area contributed by atoms with Crippen LogP contribution in [0.5, 0.6) is 0 Å². The third-order valence-electron chi connectivity index (χ3n) is 0.879. The van der Waals surface area contributed by atoms with E-state index in [9.17, 15) is 19.5 Å². The zero-order valence-electron chi connectivity index (χ0n) is 4.27. The first-order valence-corrected chi connectivity index (χ1v) is 3.74. The number of epoxide rings is 1. The Balaban J connectivity index is 2.50. The molecule has 1 aliphatic rings. The van der Waals surface area contributed by atoms with Gasteiger partial charge in [-0.15, -0.1) is 0 Å². The van der Waals surface area contributed by atoms with Gasteiger partial charge < -0.3 is 19.4 Å². The third kappa shape index (κ3) is 1.67. The van der Waals surface area contributed by atoms with Crippen molar-refractivity contribution in [2.75, 3.05) is 6.61 Å². The Kier molecular flexibility index (Phi) is 1.54. The lowest BCUT2D eigenvalue weighted by Gasteiger charge is -2.38. The van der Waals surface area contributed by atoms with Crippen LogP contribution in [0.3, 0.4) is 0 Å². The Hall–Kier alpha value is -0.0600. The molecule has 1 saturated heterocycles. The number of carbonyl (C=O) groups excluding carboxylic acids is 1. The van der Waals surface area contributed by atoms with Crippen LogP contribution in [0.25, 0.3) is 0 Å². The summed E-state index contributed by atoms with van der Waals surface area (Å²) in [7, 11) is -5.01. The highest BCUT2D eigenvalue weighted by Gasteiger charge is 2.36. The summed E-state index contributed by atoms with van der Waals surface area (Å²) in [6, 6.07) is 0. The Morgan fingerprint density at radius 1 is 1.56 bits per heavy atom. The summed E-state index contributed by atoms with van der Waals surface area (Å²) in [5, 5.41) is 0. The van der Waals surface area contributed by atoms with Gasteiger partial charge in [0.15, 0.2) is 6.10 Å². The van der Waals surface area contributed by atoms with Crippen molar-refractivity contribution in [1.82, 2.24) is 0 Å². The zero-order valence-corrected chi connectivity index (χ0v) is 5.17. The van der Waals surface area contributed by atoms with Gasteiger partial charge in [0.2, 0.25) is 0 Å². The molecule has 0 spiro atoms. The van der Waals surface area contributed by atoms with Gasteiger partial charge in [-0.3, -0.25) is 4.79 Å². The molecule has 9 heavy (non-hydrogen) atoms. The minimum Gasteiger partial charge on any atom is -0.681 e. The molecule has 5 nitrogen and oxygen atoms in total. The summed E-state index contributed by atoms with van der Waals surface area (Å²) in [6.45, 7) is 0.0628. The lowest BCUT2D eigenvalue weighted by molar-refractivity contribution is -0.422. The van der Waals surface area contributed by atoms with E-state index in [1.165, 1.54) is 0 Å². The normalized spacial score (nSPS) is 25.9. The number of rotatable bonds is 2. The molecule has 52 valence electrons. The maximum Gasteiger partial charge on any atom is 0.281 e. The van der Waals surface area contributed by atoms with E-state index < -0.39 is 19.6 Å². The van der Waals surface area contributed by atoms with Crippen LogP contribution in [-0.4, -0.2) is 18.2 Å². The average molecular weight is 150 g/mol. The molecule has 0 aliphatic carbocycles. The van der Waals surface area contributed by atoms with Crippen LogP contribution in [0.2, 0.25) is 0 Å². The van der Waals surface area contributed by atoms with Gasteiger partial charge in [-0.05, 0) is 0 Å². The molecule has 6 heteroatoms.